The molecule has 0 atom stereocenters. The standard InChI is InChI=1S/C13H24N2S/c1-10(2)7-5-6-8-14-9-13-11(3)15-12(4)16-13/h10,14H,5-9H2,1-4H3. The summed E-state index contributed by atoms with van der Waals surface area (Å²) in [5.41, 5.74) is 1.19. The molecule has 1 heterocycles. The lowest BCUT2D eigenvalue weighted by Gasteiger charge is -2.05. The van der Waals surface area contributed by atoms with Gasteiger partial charge in [0, 0.05) is 11.4 Å². The first-order valence-corrected chi connectivity index (χ1v) is 7.05. The number of aromatic nitrogens is 1. The number of nitrogens with zero attached hydrogens (tertiary/aromatic N) is 1. The van der Waals surface area contributed by atoms with E-state index in [2.05, 4.69) is 38.0 Å². The molecule has 16 heavy (non-hydrogen) atoms. The van der Waals surface area contributed by atoms with Gasteiger partial charge in [0.25, 0.3) is 0 Å². The molecule has 0 aliphatic rings. The minimum atomic E-state index is 0.839. The molecular formula is C13H24N2S. The van der Waals surface area contributed by atoms with Crippen LogP contribution in [0.3, 0.4) is 0 Å². The maximum atomic E-state index is 4.43. The third-order valence-electron chi connectivity index (χ3n) is 2.67. The number of rotatable bonds is 7. The monoisotopic (exact) mass is 240 g/mol. The first kappa shape index (κ1) is 13.7. The summed E-state index contributed by atoms with van der Waals surface area (Å²) in [6.07, 6.45) is 3.97. The average molecular weight is 240 g/mol. The fourth-order valence-corrected chi connectivity index (χ4v) is 2.65. The summed E-state index contributed by atoms with van der Waals surface area (Å²) in [6, 6.07) is 0. The lowest BCUT2D eigenvalue weighted by atomic mass is 10.1. The number of aryl methyl sites for hydroxylation is 2. The molecule has 0 aliphatic heterocycles. The van der Waals surface area contributed by atoms with E-state index in [0.717, 1.165) is 19.0 Å². The highest BCUT2D eigenvalue weighted by Crippen LogP contribution is 2.16. The average Bonchev–Trinajstić information content (AvgIpc) is 2.50. The van der Waals surface area contributed by atoms with Crippen molar-refractivity contribution in [1.82, 2.24) is 10.3 Å². The molecule has 1 aromatic rings. The lowest BCUT2D eigenvalue weighted by Crippen LogP contribution is -2.14. The maximum absolute atomic E-state index is 4.43. The van der Waals surface area contributed by atoms with Gasteiger partial charge in [-0.1, -0.05) is 26.7 Å². The molecule has 2 nitrogen and oxygen atoms in total. The van der Waals surface area contributed by atoms with Crippen LogP contribution in [-0.2, 0) is 6.54 Å². The van der Waals surface area contributed by atoms with Crippen LogP contribution < -0.4 is 5.32 Å². The summed E-state index contributed by atoms with van der Waals surface area (Å²) < 4.78 is 0. The summed E-state index contributed by atoms with van der Waals surface area (Å²) in [7, 11) is 0. The van der Waals surface area contributed by atoms with Crippen molar-refractivity contribution in [3.05, 3.63) is 15.6 Å². The van der Waals surface area contributed by atoms with Crippen molar-refractivity contribution in [3.8, 4) is 0 Å². The van der Waals surface area contributed by atoms with Crippen molar-refractivity contribution >= 4 is 11.3 Å². The highest BCUT2D eigenvalue weighted by molar-refractivity contribution is 7.11. The lowest BCUT2D eigenvalue weighted by molar-refractivity contribution is 0.521. The Kier molecular flexibility index (Phi) is 5.99. The molecule has 92 valence electrons. The van der Waals surface area contributed by atoms with E-state index in [9.17, 15) is 0 Å². The van der Waals surface area contributed by atoms with Crippen LogP contribution in [0, 0.1) is 19.8 Å². The van der Waals surface area contributed by atoms with E-state index in [-0.39, 0.29) is 0 Å². The molecule has 1 aromatic heterocycles. The van der Waals surface area contributed by atoms with E-state index in [4.69, 9.17) is 0 Å². The van der Waals surface area contributed by atoms with Gasteiger partial charge in [-0.05, 0) is 32.7 Å². The van der Waals surface area contributed by atoms with Gasteiger partial charge in [0.1, 0.15) is 0 Å². The van der Waals surface area contributed by atoms with Crippen molar-refractivity contribution in [2.45, 2.75) is 53.5 Å². The predicted molar refractivity (Wildman–Crippen MR) is 72.0 cm³/mol. The van der Waals surface area contributed by atoms with E-state index in [0.29, 0.717) is 0 Å². The van der Waals surface area contributed by atoms with Gasteiger partial charge in [0.15, 0.2) is 0 Å². The zero-order valence-corrected chi connectivity index (χ0v) is 11.8. The zero-order chi connectivity index (χ0) is 12.0. The summed E-state index contributed by atoms with van der Waals surface area (Å²) in [5, 5.41) is 4.68. The van der Waals surface area contributed by atoms with E-state index >= 15 is 0 Å². The second-order valence-corrected chi connectivity index (χ2v) is 6.10. The van der Waals surface area contributed by atoms with Gasteiger partial charge < -0.3 is 5.32 Å². The van der Waals surface area contributed by atoms with Crippen LogP contribution in [0.25, 0.3) is 0 Å². The van der Waals surface area contributed by atoms with Gasteiger partial charge in [-0.15, -0.1) is 11.3 Å². The topological polar surface area (TPSA) is 24.9 Å². The Morgan fingerprint density at radius 1 is 1.25 bits per heavy atom. The van der Waals surface area contributed by atoms with E-state index in [1.807, 2.05) is 11.3 Å². The van der Waals surface area contributed by atoms with E-state index in [1.54, 1.807) is 0 Å². The zero-order valence-electron chi connectivity index (χ0n) is 11.0. The molecule has 1 N–H and O–H groups in total. The van der Waals surface area contributed by atoms with E-state index in [1.165, 1.54) is 34.8 Å². The molecule has 0 spiro atoms. The molecule has 0 amide bonds. The molecular weight excluding hydrogens is 216 g/mol. The molecule has 0 radical (unpaired) electrons. The largest absolute Gasteiger partial charge is 0.312 e. The molecule has 0 fully saturated rings. The summed E-state index contributed by atoms with van der Waals surface area (Å²) in [5.74, 6) is 0.839. The highest BCUT2D eigenvalue weighted by atomic mass is 32.1. The molecule has 3 heteroatoms. The SMILES string of the molecule is Cc1nc(C)c(CNCCCCC(C)C)s1. The number of nitrogens with one attached hydrogen (secondary N) is 1. The highest BCUT2D eigenvalue weighted by Gasteiger charge is 2.03. The molecule has 0 aliphatic carbocycles. The first-order valence-electron chi connectivity index (χ1n) is 6.23. The molecule has 0 bridgehead atoms. The number of hydrogen-bond donors (Lipinski definition) is 1. The Morgan fingerprint density at radius 3 is 2.56 bits per heavy atom. The van der Waals surface area contributed by atoms with Gasteiger partial charge in [-0.25, -0.2) is 4.98 Å². The summed E-state index contributed by atoms with van der Waals surface area (Å²) in [4.78, 5) is 5.82. The van der Waals surface area contributed by atoms with Crippen LogP contribution in [0.15, 0.2) is 0 Å². The number of hydrogen-bond acceptors (Lipinski definition) is 3. The molecule has 1 rings (SSSR count). The van der Waals surface area contributed by atoms with Gasteiger partial charge in [-0.3, -0.25) is 0 Å². The number of unbranched alkanes of at least 4 members (excludes halogenated alkanes) is 1. The minimum Gasteiger partial charge on any atom is -0.312 e. The first-order chi connectivity index (χ1) is 7.59. The van der Waals surface area contributed by atoms with Crippen molar-refractivity contribution < 1.29 is 0 Å². The molecule has 0 saturated heterocycles. The molecule has 0 aromatic carbocycles. The Bertz CT molecular complexity index is 305. The van der Waals surface area contributed by atoms with Crippen LogP contribution in [0.1, 0.15) is 48.7 Å². The van der Waals surface area contributed by atoms with Crippen LogP contribution in [0.4, 0.5) is 0 Å². The predicted octanol–water partition coefficient (Wildman–Crippen LogP) is 3.68. The maximum Gasteiger partial charge on any atom is 0.0900 e. The van der Waals surface area contributed by atoms with Gasteiger partial charge in [0.2, 0.25) is 0 Å². The Balaban J connectivity index is 2.09. The quantitative estimate of drug-likeness (QED) is 0.735. The van der Waals surface area contributed by atoms with Gasteiger partial charge in [-0.2, -0.15) is 0 Å². The molecule has 0 unspecified atom stereocenters. The summed E-state index contributed by atoms with van der Waals surface area (Å²) >= 11 is 1.81. The second kappa shape index (κ2) is 7.02. The Labute approximate surface area is 103 Å². The Hall–Kier alpha value is -0.410. The van der Waals surface area contributed by atoms with Gasteiger partial charge >= 0.3 is 0 Å². The summed E-state index contributed by atoms with van der Waals surface area (Å²) in [6.45, 7) is 10.9. The van der Waals surface area contributed by atoms with Crippen molar-refractivity contribution in [1.29, 1.82) is 0 Å². The van der Waals surface area contributed by atoms with Crippen LogP contribution >= 0.6 is 11.3 Å². The van der Waals surface area contributed by atoms with Crippen molar-refractivity contribution in [2.24, 2.45) is 5.92 Å². The third-order valence-corrected chi connectivity index (χ3v) is 3.74. The van der Waals surface area contributed by atoms with Crippen LogP contribution in [0.5, 0.6) is 0 Å². The van der Waals surface area contributed by atoms with Gasteiger partial charge in [0.05, 0.1) is 10.7 Å². The normalized spacial score (nSPS) is 11.3. The fraction of sp³-hybridized carbons (Fsp3) is 0.769. The van der Waals surface area contributed by atoms with Crippen LogP contribution in [0.2, 0.25) is 0 Å². The van der Waals surface area contributed by atoms with Crippen molar-refractivity contribution in [2.75, 3.05) is 6.54 Å². The number of thiazole rings is 1. The van der Waals surface area contributed by atoms with Crippen molar-refractivity contribution in [3.63, 3.8) is 0 Å². The smallest absolute Gasteiger partial charge is 0.0900 e. The third kappa shape index (κ3) is 5.08. The molecule has 0 saturated carbocycles. The minimum absolute atomic E-state index is 0.839. The van der Waals surface area contributed by atoms with E-state index < -0.39 is 0 Å². The fourth-order valence-electron chi connectivity index (χ4n) is 1.74. The Morgan fingerprint density at radius 2 is 2.00 bits per heavy atom. The second-order valence-electron chi connectivity index (χ2n) is 4.81. The van der Waals surface area contributed by atoms with Crippen LogP contribution in [-0.4, -0.2) is 11.5 Å².